The first-order chi connectivity index (χ1) is 7.86. The zero-order chi connectivity index (χ0) is 11.2. The monoisotopic (exact) mass is 223 g/mol. The number of amides is 1. The molecule has 5 nitrogen and oxygen atoms in total. The molecule has 2 rings (SSSR count). The normalized spacial score (nSPS) is 21.4. The Bertz CT molecular complexity index is 316. The standard InChI is InChI=1S/C11H17N3O2/c15-11(10-4-2-1-3-6-12-10)13-8-9-5-7-14-16-9/h5,7,10,12H,1-4,6,8H2,(H,13,15). The van der Waals surface area contributed by atoms with Crippen LogP contribution in [0, 0.1) is 0 Å². The molecule has 1 fully saturated rings. The Hall–Kier alpha value is -1.36. The third-order valence-electron chi connectivity index (χ3n) is 2.80. The van der Waals surface area contributed by atoms with Crippen LogP contribution >= 0.6 is 0 Å². The number of hydrogen-bond donors (Lipinski definition) is 2. The first-order valence-corrected chi connectivity index (χ1v) is 5.77. The van der Waals surface area contributed by atoms with Crippen LogP contribution in [0.15, 0.2) is 16.8 Å². The molecule has 2 N–H and O–H groups in total. The minimum Gasteiger partial charge on any atom is -0.360 e. The molecule has 0 spiro atoms. The maximum Gasteiger partial charge on any atom is 0.237 e. The van der Waals surface area contributed by atoms with E-state index in [0.717, 1.165) is 25.8 Å². The van der Waals surface area contributed by atoms with Gasteiger partial charge in [-0.3, -0.25) is 4.79 Å². The van der Waals surface area contributed by atoms with Crippen molar-refractivity contribution in [3.8, 4) is 0 Å². The van der Waals surface area contributed by atoms with Crippen LogP contribution in [0.4, 0.5) is 0 Å². The quantitative estimate of drug-likeness (QED) is 0.796. The second kappa shape index (κ2) is 5.65. The van der Waals surface area contributed by atoms with Gasteiger partial charge in [0.1, 0.15) is 0 Å². The lowest BCUT2D eigenvalue weighted by Gasteiger charge is -2.14. The topological polar surface area (TPSA) is 67.2 Å². The number of nitrogens with one attached hydrogen (secondary N) is 2. The highest BCUT2D eigenvalue weighted by atomic mass is 16.5. The first kappa shape index (κ1) is 11.1. The predicted molar refractivity (Wildman–Crippen MR) is 58.6 cm³/mol. The van der Waals surface area contributed by atoms with Crippen LogP contribution in [-0.4, -0.2) is 23.7 Å². The number of hydrogen-bond acceptors (Lipinski definition) is 4. The highest BCUT2D eigenvalue weighted by molar-refractivity contribution is 5.81. The Balaban J connectivity index is 1.78. The van der Waals surface area contributed by atoms with Crippen molar-refractivity contribution in [3.05, 3.63) is 18.0 Å². The van der Waals surface area contributed by atoms with E-state index >= 15 is 0 Å². The fraction of sp³-hybridized carbons (Fsp3) is 0.636. The molecular weight excluding hydrogens is 206 g/mol. The third kappa shape index (κ3) is 3.06. The summed E-state index contributed by atoms with van der Waals surface area (Å²) in [5.74, 6) is 0.736. The van der Waals surface area contributed by atoms with Gasteiger partial charge in [-0.2, -0.15) is 0 Å². The zero-order valence-electron chi connectivity index (χ0n) is 9.24. The van der Waals surface area contributed by atoms with E-state index in [0.29, 0.717) is 12.3 Å². The van der Waals surface area contributed by atoms with Crippen LogP contribution in [0.25, 0.3) is 0 Å². The molecule has 5 heteroatoms. The van der Waals surface area contributed by atoms with Crippen molar-refractivity contribution in [2.75, 3.05) is 6.54 Å². The molecule has 2 heterocycles. The van der Waals surface area contributed by atoms with Crippen molar-refractivity contribution in [3.63, 3.8) is 0 Å². The van der Waals surface area contributed by atoms with Crippen LogP contribution in [0.5, 0.6) is 0 Å². The number of aromatic nitrogens is 1. The maximum atomic E-state index is 11.8. The van der Waals surface area contributed by atoms with E-state index in [1.54, 1.807) is 12.3 Å². The van der Waals surface area contributed by atoms with Gasteiger partial charge in [-0.05, 0) is 19.4 Å². The lowest BCUT2D eigenvalue weighted by molar-refractivity contribution is -0.123. The van der Waals surface area contributed by atoms with E-state index in [1.165, 1.54) is 6.42 Å². The smallest absolute Gasteiger partial charge is 0.237 e. The summed E-state index contributed by atoms with van der Waals surface area (Å²) in [7, 11) is 0. The molecule has 0 aliphatic carbocycles. The molecule has 1 atom stereocenters. The minimum atomic E-state index is -0.0505. The zero-order valence-corrected chi connectivity index (χ0v) is 9.24. The van der Waals surface area contributed by atoms with E-state index in [1.807, 2.05) is 0 Å². The van der Waals surface area contributed by atoms with E-state index in [-0.39, 0.29) is 11.9 Å². The highest BCUT2D eigenvalue weighted by Crippen LogP contribution is 2.08. The Morgan fingerprint density at radius 3 is 3.31 bits per heavy atom. The third-order valence-corrected chi connectivity index (χ3v) is 2.80. The molecule has 1 unspecified atom stereocenters. The van der Waals surface area contributed by atoms with Crippen LogP contribution in [0.1, 0.15) is 31.4 Å². The van der Waals surface area contributed by atoms with Crippen molar-refractivity contribution in [1.82, 2.24) is 15.8 Å². The van der Waals surface area contributed by atoms with E-state index < -0.39 is 0 Å². The number of nitrogens with zero attached hydrogens (tertiary/aromatic N) is 1. The summed E-state index contributed by atoms with van der Waals surface area (Å²) in [6.45, 7) is 1.34. The molecule has 0 bridgehead atoms. The molecule has 1 aliphatic rings. The van der Waals surface area contributed by atoms with Gasteiger partial charge in [0.15, 0.2) is 5.76 Å². The largest absolute Gasteiger partial charge is 0.360 e. The van der Waals surface area contributed by atoms with Gasteiger partial charge in [-0.15, -0.1) is 0 Å². The Kier molecular flexibility index (Phi) is 3.93. The van der Waals surface area contributed by atoms with Crippen molar-refractivity contribution < 1.29 is 9.32 Å². The van der Waals surface area contributed by atoms with E-state index in [9.17, 15) is 4.79 Å². The summed E-state index contributed by atoms with van der Waals surface area (Å²) in [5, 5.41) is 9.69. The Morgan fingerprint density at radius 1 is 1.56 bits per heavy atom. The lowest BCUT2D eigenvalue weighted by atomic mass is 10.1. The maximum absolute atomic E-state index is 11.8. The van der Waals surface area contributed by atoms with Gasteiger partial charge in [-0.25, -0.2) is 0 Å². The van der Waals surface area contributed by atoms with Gasteiger partial charge < -0.3 is 15.2 Å². The van der Waals surface area contributed by atoms with Crippen molar-refractivity contribution in [1.29, 1.82) is 0 Å². The van der Waals surface area contributed by atoms with Gasteiger partial charge >= 0.3 is 0 Å². The summed E-state index contributed by atoms with van der Waals surface area (Å²) < 4.78 is 4.91. The average Bonchev–Trinajstić information content (AvgIpc) is 2.66. The summed E-state index contributed by atoms with van der Waals surface area (Å²) in [6.07, 6.45) is 5.98. The Labute approximate surface area is 94.6 Å². The van der Waals surface area contributed by atoms with Crippen molar-refractivity contribution >= 4 is 5.91 Å². The predicted octanol–water partition coefficient (Wildman–Crippen LogP) is 0.823. The molecule has 1 aromatic heterocycles. The minimum absolute atomic E-state index is 0.0505. The SMILES string of the molecule is O=C(NCc1ccno1)C1CCCCCN1. The molecule has 1 aliphatic heterocycles. The summed E-state index contributed by atoms with van der Waals surface area (Å²) >= 11 is 0. The van der Waals surface area contributed by atoms with E-state index in [4.69, 9.17) is 4.52 Å². The fourth-order valence-electron chi connectivity index (χ4n) is 1.88. The molecule has 88 valence electrons. The first-order valence-electron chi connectivity index (χ1n) is 5.77. The molecular formula is C11H17N3O2. The van der Waals surface area contributed by atoms with Crippen molar-refractivity contribution in [2.45, 2.75) is 38.3 Å². The van der Waals surface area contributed by atoms with Gasteiger partial charge in [0.05, 0.1) is 18.8 Å². The number of carbonyl (C=O) groups excluding carboxylic acids is 1. The van der Waals surface area contributed by atoms with Gasteiger partial charge in [0.25, 0.3) is 0 Å². The van der Waals surface area contributed by atoms with Crippen LogP contribution in [-0.2, 0) is 11.3 Å². The molecule has 16 heavy (non-hydrogen) atoms. The van der Waals surface area contributed by atoms with Crippen molar-refractivity contribution in [2.24, 2.45) is 0 Å². The number of rotatable bonds is 3. The highest BCUT2D eigenvalue weighted by Gasteiger charge is 2.19. The number of carbonyl (C=O) groups is 1. The summed E-state index contributed by atoms with van der Waals surface area (Å²) in [4.78, 5) is 11.8. The molecule has 1 amide bonds. The van der Waals surface area contributed by atoms with Crippen LogP contribution < -0.4 is 10.6 Å². The van der Waals surface area contributed by atoms with Crippen LogP contribution in [0.3, 0.4) is 0 Å². The summed E-state index contributed by atoms with van der Waals surface area (Å²) in [6, 6.07) is 1.70. The molecule has 0 aromatic carbocycles. The molecule has 0 saturated carbocycles. The molecule has 1 aromatic rings. The van der Waals surface area contributed by atoms with E-state index in [2.05, 4.69) is 15.8 Å². The molecule has 1 saturated heterocycles. The van der Waals surface area contributed by atoms with Gasteiger partial charge in [0.2, 0.25) is 5.91 Å². The van der Waals surface area contributed by atoms with Gasteiger partial charge in [-0.1, -0.05) is 18.0 Å². The second-order valence-corrected chi connectivity index (χ2v) is 4.05. The lowest BCUT2D eigenvalue weighted by Crippen LogP contribution is -2.43. The molecule has 0 radical (unpaired) electrons. The second-order valence-electron chi connectivity index (χ2n) is 4.05. The summed E-state index contributed by atoms with van der Waals surface area (Å²) in [5.41, 5.74) is 0. The average molecular weight is 223 g/mol. The fourth-order valence-corrected chi connectivity index (χ4v) is 1.88. The Morgan fingerprint density at radius 2 is 2.50 bits per heavy atom. The van der Waals surface area contributed by atoms with Gasteiger partial charge in [0, 0.05) is 6.07 Å². The van der Waals surface area contributed by atoms with Crippen LogP contribution in [0.2, 0.25) is 0 Å².